The molecule has 2 aromatic rings. The fourth-order valence-corrected chi connectivity index (χ4v) is 2.30. The Balaban J connectivity index is 1.77. The predicted molar refractivity (Wildman–Crippen MR) is 99.2 cm³/mol. The van der Waals surface area contributed by atoms with Crippen molar-refractivity contribution in [2.75, 3.05) is 13.7 Å². The number of carbonyl (C=O) groups excluding carboxylic acids is 3. The van der Waals surface area contributed by atoms with Crippen molar-refractivity contribution in [2.45, 2.75) is 19.6 Å². The number of ether oxygens (including phenoxy) is 2. The number of para-hydroxylation sites is 1. The number of hydrogen-bond acceptors (Lipinski definition) is 5. The van der Waals surface area contributed by atoms with Crippen molar-refractivity contribution in [3.8, 4) is 5.75 Å². The van der Waals surface area contributed by atoms with Crippen LogP contribution in [0.5, 0.6) is 5.75 Å². The van der Waals surface area contributed by atoms with Crippen LogP contribution in [0.1, 0.15) is 22.8 Å². The molecule has 0 unspecified atom stereocenters. The van der Waals surface area contributed by atoms with Gasteiger partial charge >= 0.3 is 5.97 Å². The lowest BCUT2D eigenvalue weighted by molar-refractivity contribution is -0.153. The summed E-state index contributed by atoms with van der Waals surface area (Å²) in [6.07, 6.45) is -0.968. The van der Waals surface area contributed by atoms with Crippen LogP contribution in [-0.4, -0.2) is 37.5 Å². The highest BCUT2D eigenvalue weighted by molar-refractivity contribution is 5.98. The molecule has 0 fully saturated rings. The lowest BCUT2D eigenvalue weighted by Gasteiger charge is -2.14. The van der Waals surface area contributed by atoms with E-state index in [1.807, 2.05) is 30.3 Å². The first kappa shape index (κ1) is 20.0. The maximum Gasteiger partial charge on any atom is 0.326 e. The van der Waals surface area contributed by atoms with Gasteiger partial charge in [0.2, 0.25) is 0 Å². The second kappa shape index (κ2) is 9.96. The van der Waals surface area contributed by atoms with E-state index in [0.29, 0.717) is 17.9 Å². The first-order valence-electron chi connectivity index (χ1n) is 8.43. The van der Waals surface area contributed by atoms with Gasteiger partial charge in [0.05, 0.1) is 12.7 Å². The quantitative estimate of drug-likeness (QED) is 0.690. The molecule has 0 spiro atoms. The first-order valence-corrected chi connectivity index (χ1v) is 8.43. The Hall–Kier alpha value is -3.35. The molecule has 2 N–H and O–H groups in total. The number of amides is 2. The molecular formula is C20H22N2O5. The van der Waals surface area contributed by atoms with E-state index < -0.39 is 23.9 Å². The third-order valence-electron chi connectivity index (χ3n) is 3.73. The Morgan fingerprint density at radius 2 is 1.63 bits per heavy atom. The Kier molecular flexibility index (Phi) is 7.37. The van der Waals surface area contributed by atoms with E-state index >= 15 is 0 Å². The SMILES string of the molecule is COc1ccccc1C(=O)NCC(=O)O[C@H](C)C(=O)NCc1ccccc1. The van der Waals surface area contributed by atoms with Gasteiger partial charge in [-0.25, -0.2) is 0 Å². The van der Waals surface area contributed by atoms with Gasteiger partial charge in [-0.3, -0.25) is 14.4 Å². The van der Waals surface area contributed by atoms with E-state index in [-0.39, 0.29) is 6.54 Å². The lowest BCUT2D eigenvalue weighted by atomic mass is 10.2. The van der Waals surface area contributed by atoms with Gasteiger partial charge in [-0.15, -0.1) is 0 Å². The second-order valence-electron chi connectivity index (χ2n) is 5.72. The summed E-state index contributed by atoms with van der Waals surface area (Å²) in [7, 11) is 1.45. The Labute approximate surface area is 157 Å². The van der Waals surface area contributed by atoms with E-state index in [1.165, 1.54) is 14.0 Å². The standard InChI is InChI=1S/C20H22N2O5/c1-14(19(24)21-12-15-8-4-3-5-9-15)27-18(23)13-22-20(25)16-10-6-7-11-17(16)26-2/h3-11,14H,12-13H2,1-2H3,(H,21,24)(H,22,25)/t14-/m1/s1. The molecular weight excluding hydrogens is 348 g/mol. The minimum atomic E-state index is -0.968. The molecule has 0 heterocycles. The van der Waals surface area contributed by atoms with Crippen molar-refractivity contribution in [3.05, 3.63) is 65.7 Å². The highest BCUT2D eigenvalue weighted by Gasteiger charge is 2.19. The Morgan fingerprint density at radius 3 is 2.33 bits per heavy atom. The molecule has 142 valence electrons. The molecule has 0 radical (unpaired) electrons. The van der Waals surface area contributed by atoms with Gasteiger partial charge in [0.25, 0.3) is 11.8 Å². The van der Waals surface area contributed by atoms with Crippen LogP contribution < -0.4 is 15.4 Å². The topological polar surface area (TPSA) is 93.7 Å². The summed E-state index contributed by atoms with van der Waals surface area (Å²) in [6, 6.07) is 16.0. The largest absolute Gasteiger partial charge is 0.496 e. The molecule has 2 aromatic carbocycles. The molecule has 0 bridgehead atoms. The normalized spacial score (nSPS) is 11.2. The highest BCUT2D eigenvalue weighted by atomic mass is 16.5. The molecule has 0 aliphatic carbocycles. The molecule has 0 aliphatic rings. The zero-order valence-corrected chi connectivity index (χ0v) is 15.2. The van der Waals surface area contributed by atoms with Crippen LogP contribution in [0.15, 0.2) is 54.6 Å². The summed E-state index contributed by atoms with van der Waals surface area (Å²) in [4.78, 5) is 36.0. The molecule has 1 atom stereocenters. The van der Waals surface area contributed by atoms with Crippen molar-refractivity contribution in [1.82, 2.24) is 10.6 Å². The van der Waals surface area contributed by atoms with Gasteiger partial charge in [-0.2, -0.15) is 0 Å². The fourth-order valence-electron chi connectivity index (χ4n) is 2.30. The minimum absolute atomic E-state index is 0.307. The summed E-state index contributed by atoms with van der Waals surface area (Å²) in [5.74, 6) is -1.19. The zero-order valence-electron chi connectivity index (χ0n) is 15.2. The summed E-state index contributed by atoms with van der Waals surface area (Å²) in [5, 5.41) is 5.14. The number of benzene rings is 2. The number of nitrogens with one attached hydrogen (secondary N) is 2. The van der Waals surface area contributed by atoms with E-state index in [4.69, 9.17) is 9.47 Å². The highest BCUT2D eigenvalue weighted by Crippen LogP contribution is 2.16. The van der Waals surface area contributed by atoms with Gasteiger partial charge in [0, 0.05) is 6.54 Å². The summed E-state index contributed by atoms with van der Waals surface area (Å²) in [5.41, 5.74) is 1.25. The molecule has 0 saturated carbocycles. The molecule has 0 aromatic heterocycles. The average Bonchev–Trinajstić information content (AvgIpc) is 2.70. The van der Waals surface area contributed by atoms with Crippen LogP contribution in [0, 0.1) is 0 Å². The second-order valence-corrected chi connectivity index (χ2v) is 5.72. The molecule has 2 rings (SSSR count). The number of methoxy groups -OCH3 is 1. The van der Waals surface area contributed by atoms with Crippen LogP contribution in [0.2, 0.25) is 0 Å². The zero-order chi connectivity index (χ0) is 19.6. The third-order valence-corrected chi connectivity index (χ3v) is 3.73. The monoisotopic (exact) mass is 370 g/mol. The van der Waals surface area contributed by atoms with Crippen LogP contribution in [0.25, 0.3) is 0 Å². The molecule has 2 amide bonds. The van der Waals surface area contributed by atoms with Crippen LogP contribution in [0.4, 0.5) is 0 Å². The van der Waals surface area contributed by atoms with Crippen molar-refractivity contribution in [3.63, 3.8) is 0 Å². The molecule has 7 heteroatoms. The maximum absolute atomic E-state index is 12.1. The molecule has 0 aliphatic heterocycles. The number of rotatable bonds is 8. The summed E-state index contributed by atoms with van der Waals surface area (Å²) in [6.45, 7) is 1.46. The van der Waals surface area contributed by atoms with E-state index in [9.17, 15) is 14.4 Å². The smallest absolute Gasteiger partial charge is 0.326 e. The fraction of sp³-hybridized carbons (Fsp3) is 0.250. The van der Waals surface area contributed by atoms with Gasteiger partial charge in [-0.05, 0) is 24.6 Å². The summed E-state index contributed by atoms with van der Waals surface area (Å²) >= 11 is 0. The van der Waals surface area contributed by atoms with Crippen molar-refractivity contribution >= 4 is 17.8 Å². The van der Waals surface area contributed by atoms with Crippen LogP contribution in [0.3, 0.4) is 0 Å². The van der Waals surface area contributed by atoms with Gasteiger partial charge in [0.15, 0.2) is 6.10 Å². The van der Waals surface area contributed by atoms with Crippen molar-refractivity contribution in [1.29, 1.82) is 0 Å². The van der Waals surface area contributed by atoms with Gasteiger partial charge in [-0.1, -0.05) is 42.5 Å². The van der Waals surface area contributed by atoms with E-state index in [1.54, 1.807) is 24.3 Å². The van der Waals surface area contributed by atoms with Gasteiger partial charge in [0.1, 0.15) is 12.3 Å². The van der Waals surface area contributed by atoms with Gasteiger partial charge < -0.3 is 20.1 Å². The molecule has 0 saturated heterocycles. The Morgan fingerprint density at radius 1 is 0.963 bits per heavy atom. The van der Waals surface area contributed by atoms with Crippen molar-refractivity contribution in [2.24, 2.45) is 0 Å². The maximum atomic E-state index is 12.1. The van der Waals surface area contributed by atoms with Crippen molar-refractivity contribution < 1.29 is 23.9 Å². The predicted octanol–water partition coefficient (Wildman–Crippen LogP) is 1.67. The minimum Gasteiger partial charge on any atom is -0.496 e. The number of carbonyl (C=O) groups is 3. The summed E-state index contributed by atoms with van der Waals surface area (Å²) < 4.78 is 10.1. The van der Waals surface area contributed by atoms with Crippen LogP contribution >= 0.6 is 0 Å². The molecule has 7 nitrogen and oxygen atoms in total. The number of hydrogen-bond donors (Lipinski definition) is 2. The third kappa shape index (κ3) is 6.14. The van der Waals surface area contributed by atoms with E-state index in [2.05, 4.69) is 10.6 Å². The number of esters is 1. The average molecular weight is 370 g/mol. The Bertz CT molecular complexity index is 792. The van der Waals surface area contributed by atoms with Crippen LogP contribution in [-0.2, 0) is 20.9 Å². The van der Waals surface area contributed by atoms with E-state index in [0.717, 1.165) is 5.56 Å². The molecule has 27 heavy (non-hydrogen) atoms. The first-order chi connectivity index (χ1) is 13.0. The lowest BCUT2D eigenvalue weighted by Crippen LogP contribution is -2.38.